The molecular formula is C17H34NS. The van der Waals surface area contributed by atoms with Crippen LogP contribution in [0.15, 0.2) is 0 Å². The highest BCUT2D eigenvalue weighted by atomic mass is 32.1. The van der Waals surface area contributed by atoms with E-state index in [2.05, 4.69) is 24.2 Å². The first-order valence-electron chi connectivity index (χ1n) is 8.47. The van der Waals surface area contributed by atoms with Gasteiger partial charge in [-0.2, -0.15) is 0 Å². The van der Waals surface area contributed by atoms with Crippen molar-refractivity contribution < 1.29 is 0 Å². The van der Waals surface area contributed by atoms with Gasteiger partial charge in [0.1, 0.15) is 5.49 Å². The molecule has 0 fully saturated rings. The van der Waals surface area contributed by atoms with Gasteiger partial charge in [0.15, 0.2) is 0 Å². The molecule has 0 spiro atoms. The zero-order valence-electron chi connectivity index (χ0n) is 13.3. The van der Waals surface area contributed by atoms with E-state index in [1.165, 1.54) is 77.0 Å². The smallest absolute Gasteiger partial charge is 0.136 e. The van der Waals surface area contributed by atoms with Crippen molar-refractivity contribution >= 4 is 17.7 Å². The molecule has 0 aliphatic heterocycles. The van der Waals surface area contributed by atoms with Crippen molar-refractivity contribution in [3.8, 4) is 0 Å². The van der Waals surface area contributed by atoms with Gasteiger partial charge in [-0.1, -0.05) is 90.3 Å². The fourth-order valence-electron chi connectivity index (χ4n) is 2.37. The predicted octanol–water partition coefficient (Wildman–Crippen LogP) is 5.84. The van der Waals surface area contributed by atoms with Crippen LogP contribution in [0.4, 0.5) is 0 Å². The van der Waals surface area contributed by atoms with E-state index in [-0.39, 0.29) is 0 Å². The van der Waals surface area contributed by atoms with E-state index in [1.54, 1.807) is 0 Å². The highest BCUT2D eigenvalue weighted by molar-refractivity contribution is 7.78. The Morgan fingerprint density at radius 2 is 1.00 bits per heavy atom. The summed E-state index contributed by atoms with van der Waals surface area (Å²) >= 11 is 4.99. The average molecular weight is 285 g/mol. The van der Waals surface area contributed by atoms with Crippen LogP contribution in [0.5, 0.6) is 0 Å². The molecule has 0 aromatic heterocycles. The van der Waals surface area contributed by atoms with Gasteiger partial charge in [0.2, 0.25) is 0 Å². The second-order valence-electron chi connectivity index (χ2n) is 5.61. The SMILES string of the molecule is CCCCCCCCN([C]=S)CCCCCCCC. The van der Waals surface area contributed by atoms with Crippen LogP contribution < -0.4 is 0 Å². The fraction of sp³-hybridized carbons (Fsp3) is 0.941. The van der Waals surface area contributed by atoms with Gasteiger partial charge in [0.05, 0.1) is 0 Å². The minimum atomic E-state index is 1.12. The number of nitrogens with zero attached hydrogens (tertiary/aromatic N) is 1. The van der Waals surface area contributed by atoms with E-state index < -0.39 is 0 Å². The average Bonchev–Trinajstić information content (AvgIpc) is 2.44. The standard InChI is InChI=1S/C17H34NS/c1-3-5-7-9-11-13-15-18(17-19)16-14-12-10-8-6-4-2/h3-16H2,1-2H3. The zero-order valence-corrected chi connectivity index (χ0v) is 14.1. The molecule has 0 heterocycles. The van der Waals surface area contributed by atoms with E-state index in [0.717, 1.165) is 13.1 Å². The number of unbranched alkanes of at least 4 members (excludes halogenated alkanes) is 10. The van der Waals surface area contributed by atoms with E-state index in [4.69, 9.17) is 12.2 Å². The van der Waals surface area contributed by atoms with Gasteiger partial charge in [-0.25, -0.2) is 0 Å². The molecule has 0 N–H and O–H groups in total. The summed E-state index contributed by atoms with van der Waals surface area (Å²) < 4.78 is 0. The van der Waals surface area contributed by atoms with Crippen LogP contribution >= 0.6 is 12.2 Å². The molecule has 1 radical (unpaired) electrons. The van der Waals surface area contributed by atoms with Crippen LogP contribution in [0.2, 0.25) is 0 Å². The van der Waals surface area contributed by atoms with Crippen LogP contribution in [0.3, 0.4) is 0 Å². The number of hydrogen-bond donors (Lipinski definition) is 0. The van der Waals surface area contributed by atoms with Crippen molar-refractivity contribution in [2.45, 2.75) is 90.9 Å². The Bertz CT molecular complexity index is 166. The van der Waals surface area contributed by atoms with Crippen LogP contribution in [-0.2, 0) is 0 Å². The van der Waals surface area contributed by atoms with Crippen molar-refractivity contribution in [3.63, 3.8) is 0 Å². The first-order chi connectivity index (χ1) is 9.35. The Hall–Kier alpha value is -0.110. The topological polar surface area (TPSA) is 3.24 Å². The third kappa shape index (κ3) is 14.1. The summed E-state index contributed by atoms with van der Waals surface area (Å²) in [4.78, 5) is 2.22. The molecule has 0 rings (SSSR count). The lowest BCUT2D eigenvalue weighted by atomic mass is 10.1. The normalized spacial score (nSPS) is 10.6. The number of thiocarbonyl (C=S) groups is 1. The third-order valence-corrected chi connectivity index (χ3v) is 3.95. The maximum absolute atomic E-state index is 4.99. The summed E-state index contributed by atoms with van der Waals surface area (Å²) in [5.74, 6) is 0. The molecule has 1 nitrogen and oxygen atoms in total. The fourth-order valence-corrected chi connectivity index (χ4v) is 2.55. The van der Waals surface area contributed by atoms with Gasteiger partial charge in [-0.15, -0.1) is 0 Å². The first-order valence-corrected chi connectivity index (χ1v) is 8.88. The molecule has 19 heavy (non-hydrogen) atoms. The summed E-state index contributed by atoms with van der Waals surface area (Å²) in [5, 5.41) is 0. The quantitative estimate of drug-likeness (QED) is 0.211. The van der Waals surface area contributed by atoms with Crippen molar-refractivity contribution in [1.29, 1.82) is 0 Å². The summed E-state index contributed by atoms with van der Waals surface area (Å²) in [5.41, 5.74) is 2.92. The molecule has 0 saturated carbocycles. The molecule has 0 unspecified atom stereocenters. The van der Waals surface area contributed by atoms with Gasteiger partial charge < -0.3 is 4.90 Å². The van der Waals surface area contributed by atoms with Crippen LogP contribution in [-0.4, -0.2) is 23.5 Å². The maximum Gasteiger partial charge on any atom is 0.136 e. The highest BCUT2D eigenvalue weighted by Crippen LogP contribution is 2.08. The van der Waals surface area contributed by atoms with Gasteiger partial charge in [-0.3, -0.25) is 0 Å². The molecule has 0 aliphatic rings. The molecule has 0 bridgehead atoms. The molecule has 0 aliphatic carbocycles. The minimum absolute atomic E-state index is 1.12. The van der Waals surface area contributed by atoms with E-state index >= 15 is 0 Å². The van der Waals surface area contributed by atoms with Crippen LogP contribution in [0.25, 0.3) is 0 Å². The Morgan fingerprint density at radius 3 is 1.37 bits per heavy atom. The molecule has 0 amide bonds. The van der Waals surface area contributed by atoms with Crippen LogP contribution in [0.1, 0.15) is 90.9 Å². The lowest BCUT2D eigenvalue weighted by Crippen LogP contribution is -2.23. The Morgan fingerprint density at radius 1 is 0.632 bits per heavy atom. The molecule has 113 valence electrons. The third-order valence-electron chi connectivity index (χ3n) is 3.69. The van der Waals surface area contributed by atoms with Crippen molar-refractivity contribution in [2.24, 2.45) is 0 Å². The molecule has 0 saturated heterocycles. The molecule has 0 aromatic carbocycles. The van der Waals surface area contributed by atoms with Crippen molar-refractivity contribution in [1.82, 2.24) is 4.90 Å². The Balaban J connectivity index is 3.32. The van der Waals surface area contributed by atoms with Crippen LogP contribution in [0, 0.1) is 0 Å². The summed E-state index contributed by atoms with van der Waals surface area (Å²) in [7, 11) is 0. The maximum atomic E-state index is 4.99. The van der Waals surface area contributed by atoms with Gasteiger partial charge >= 0.3 is 0 Å². The molecular weight excluding hydrogens is 250 g/mol. The summed E-state index contributed by atoms with van der Waals surface area (Å²) in [6.45, 7) is 6.77. The Labute approximate surface area is 127 Å². The number of hydrogen-bond acceptors (Lipinski definition) is 1. The number of rotatable bonds is 15. The Kier molecular flexibility index (Phi) is 15.9. The first kappa shape index (κ1) is 18.9. The lowest BCUT2D eigenvalue weighted by Gasteiger charge is -2.17. The summed E-state index contributed by atoms with van der Waals surface area (Å²) in [6, 6.07) is 0. The van der Waals surface area contributed by atoms with E-state index in [1.807, 2.05) is 0 Å². The molecule has 0 aromatic rings. The monoisotopic (exact) mass is 284 g/mol. The highest BCUT2D eigenvalue weighted by Gasteiger charge is 2.00. The second-order valence-corrected chi connectivity index (χ2v) is 5.80. The molecule has 0 atom stereocenters. The second kappa shape index (κ2) is 15.9. The van der Waals surface area contributed by atoms with E-state index in [9.17, 15) is 0 Å². The zero-order chi connectivity index (χ0) is 14.2. The largest absolute Gasteiger partial charge is 0.360 e. The van der Waals surface area contributed by atoms with Crippen molar-refractivity contribution in [3.05, 3.63) is 0 Å². The van der Waals surface area contributed by atoms with Gasteiger partial charge in [-0.05, 0) is 12.8 Å². The van der Waals surface area contributed by atoms with E-state index in [0.29, 0.717) is 0 Å². The van der Waals surface area contributed by atoms with Gasteiger partial charge in [0.25, 0.3) is 0 Å². The predicted molar refractivity (Wildman–Crippen MR) is 90.9 cm³/mol. The minimum Gasteiger partial charge on any atom is -0.360 e. The summed E-state index contributed by atoms with van der Waals surface area (Å²) in [6.07, 6.45) is 16.3. The molecule has 2 heteroatoms. The lowest BCUT2D eigenvalue weighted by molar-refractivity contribution is 0.398. The van der Waals surface area contributed by atoms with Gasteiger partial charge in [0, 0.05) is 13.1 Å². The van der Waals surface area contributed by atoms with Crippen molar-refractivity contribution in [2.75, 3.05) is 13.1 Å².